The van der Waals surface area contributed by atoms with Crippen molar-refractivity contribution in [1.82, 2.24) is 5.06 Å². The monoisotopic (exact) mass is 355 g/mol. The number of nitrogens with two attached hydrogens (primary N) is 1. The second-order valence-electron chi connectivity index (χ2n) is 6.62. The Kier molecular flexibility index (Phi) is 5.32. The van der Waals surface area contributed by atoms with Crippen LogP contribution < -0.4 is 15.4 Å². The smallest absolute Gasteiger partial charge is 0.338 e. The fraction of sp³-hybridized carbons (Fsp3) is 0.350. The number of urea groups is 1. The normalized spacial score (nSPS) is 13.3. The van der Waals surface area contributed by atoms with E-state index in [1.807, 2.05) is 25.1 Å². The number of fused-ring (bicyclic) bond motifs is 1. The van der Waals surface area contributed by atoms with Crippen LogP contribution in [0, 0.1) is 6.92 Å². The molecule has 1 aliphatic rings. The summed E-state index contributed by atoms with van der Waals surface area (Å²) in [5, 5.41) is 10.2. The van der Waals surface area contributed by atoms with Gasteiger partial charge in [0.05, 0.1) is 13.7 Å². The third-order valence-corrected chi connectivity index (χ3v) is 4.96. The van der Waals surface area contributed by atoms with Gasteiger partial charge in [-0.25, -0.2) is 9.86 Å². The molecule has 2 aromatic rings. The van der Waals surface area contributed by atoms with Crippen LogP contribution in [0.5, 0.6) is 5.75 Å². The van der Waals surface area contributed by atoms with Crippen molar-refractivity contribution in [3.05, 3.63) is 58.7 Å². The van der Waals surface area contributed by atoms with E-state index in [4.69, 9.17) is 10.5 Å². The topological polar surface area (TPSA) is 79.0 Å². The van der Waals surface area contributed by atoms with Gasteiger partial charge in [0, 0.05) is 18.8 Å². The van der Waals surface area contributed by atoms with Crippen molar-refractivity contribution in [2.24, 2.45) is 5.73 Å². The van der Waals surface area contributed by atoms with Gasteiger partial charge < -0.3 is 15.4 Å². The first-order valence-corrected chi connectivity index (χ1v) is 8.74. The molecule has 2 amide bonds. The number of hydrogen-bond donors (Lipinski definition) is 2. The Labute approximate surface area is 153 Å². The van der Waals surface area contributed by atoms with Gasteiger partial charge >= 0.3 is 6.03 Å². The van der Waals surface area contributed by atoms with Crippen LogP contribution in [-0.2, 0) is 19.5 Å². The van der Waals surface area contributed by atoms with Gasteiger partial charge in [0.2, 0.25) is 0 Å². The Morgan fingerprint density at radius 1 is 1.35 bits per heavy atom. The Balaban J connectivity index is 1.85. The van der Waals surface area contributed by atoms with Crippen LogP contribution in [0.15, 0.2) is 36.4 Å². The molecule has 138 valence electrons. The lowest BCUT2D eigenvalue weighted by Crippen LogP contribution is -2.33. The zero-order valence-corrected chi connectivity index (χ0v) is 15.2. The molecule has 2 aromatic carbocycles. The van der Waals surface area contributed by atoms with Gasteiger partial charge in [-0.05, 0) is 60.2 Å². The molecule has 1 heterocycles. The highest BCUT2D eigenvalue weighted by Gasteiger charge is 2.21. The molecule has 0 bridgehead atoms. The number of anilines is 1. The maximum absolute atomic E-state index is 11.1. The molecule has 0 aliphatic carbocycles. The molecule has 0 fully saturated rings. The van der Waals surface area contributed by atoms with Crippen molar-refractivity contribution in [2.75, 3.05) is 18.6 Å². The summed E-state index contributed by atoms with van der Waals surface area (Å²) in [6.07, 6.45) is 2.06. The lowest BCUT2D eigenvalue weighted by Gasteiger charge is -2.33. The third-order valence-electron chi connectivity index (χ3n) is 4.96. The number of benzene rings is 2. The zero-order chi connectivity index (χ0) is 18.7. The molecule has 0 unspecified atom stereocenters. The molecule has 1 aliphatic heterocycles. The number of ether oxygens (including phenoxy) is 1. The number of carbonyl (C=O) groups is 1. The van der Waals surface area contributed by atoms with Gasteiger partial charge in [0.25, 0.3) is 0 Å². The summed E-state index contributed by atoms with van der Waals surface area (Å²) in [4.78, 5) is 13.5. The summed E-state index contributed by atoms with van der Waals surface area (Å²) in [7, 11) is 1.68. The lowest BCUT2D eigenvalue weighted by atomic mass is 9.93. The molecule has 0 aromatic heterocycles. The largest absolute Gasteiger partial charge is 0.497 e. The molecule has 6 nitrogen and oxygen atoms in total. The van der Waals surface area contributed by atoms with Crippen molar-refractivity contribution in [1.29, 1.82) is 0 Å². The van der Waals surface area contributed by atoms with Crippen LogP contribution in [0.25, 0.3) is 0 Å². The average molecular weight is 355 g/mol. The van der Waals surface area contributed by atoms with Gasteiger partial charge in [-0.1, -0.05) is 18.2 Å². The summed E-state index contributed by atoms with van der Waals surface area (Å²) in [6.45, 7) is 3.95. The van der Waals surface area contributed by atoms with E-state index in [2.05, 4.69) is 23.1 Å². The van der Waals surface area contributed by atoms with Crippen molar-refractivity contribution >= 4 is 11.7 Å². The Morgan fingerprint density at radius 2 is 2.15 bits per heavy atom. The first-order valence-electron chi connectivity index (χ1n) is 8.74. The van der Waals surface area contributed by atoms with Gasteiger partial charge in [0.1, 0.15) is 5.75 Å². The average Bonchev–Trinajstić information content (AvgIpc) is 2.64. The summed E-state index contributed by atoms with van der Waals surface area (Å²) in [5.74, 6) is 0.862. The summed E-state index contributed by atoms with van der Waals surface area (Å²) in [6, 6.07) is 11.3. The highest BCUT2D eigenvalue weighted by atomic mass is 16.5. The minimum absolute atomic E-state index is 0.102. The van der Waals surface area contributed by atoms with Crippen LogP contribution in [0.4, 0.5) is 10.5 Å². The van der Waals surface area contributed by atoms with Crippen molar-refractivity contribution in [3.63, 3.8) is 0 Å². The Bertz CT molecular complexity index is 807. The molecule has 6 heteroatoms. The molecule has 0 atom stereocenters. The summed E-state index contributed by atoms with van der Waals surface area (Å²) in [5.41, 5.74) is 10.8. The highest BCUT2D eigenvalue weighted by Crippen LogP contribution is 2.33. The molecular formula is C20H25N3O3. The van der Waals surface area contributed by atoms with Gasteiger partial charge in [0.15, 0.2) is 0 Å². The lowest BCUT2D eigenvalue weighted by molar-refractivity contribution is -0.0471. The molecular weight excluding hydrogens is 330 g/mol. The van der Waals surface area contributed by atoms with Crippen LogP contribution in [-0.4, -0.2) is 30.0 Å². The standard InChI is InChI=1S/C20H25N3O3/c1-14-16(13-23(25)20(21)24)8-9-19-18(14)7-4-10-22(19)12-15-5-3-6-17(11-15)26-2/h3,5-6,8-9,11,25H,4,7,10,12-13H2,1-2H3,(H2,21,24). The van der Waals surface area contributed by atoms with Crippen molar-refractivity contribution < 1.29 is 14.7 Å². The van der Waals surface area contributed by atoms with Crippen LogP contribution in [0.1, 0.15) is 28.7 Å². The van der Waals surface area contributed by atoms with Gasteiger partial charge in [-0.3, -0.25) is 5.21 Å². The first-order chi connectivity index (χ1) is 12.5. The predicted molar refractivity (Wildman–Crippen MR) is 100 cm³/mol. The van der Waals surface area contributed by atoms with E-state index >= 15 is 0 Å². The number of rotatable bonds is 5. The second-order valence-corrected chi connectivity index (χ2v) is 6.62. The molecule has 0 saturated carbocycles. The van der Waals surface area contributed by atoms with E-state index in [0.717, 1.165) is 42.8 Å². The number of nitrogens with zero attached hydrogens (tertiary/aromatic N) is 2. The molecule has 3 rings (SSSR count). The van der Waals surface area contributed by atoms with Gasteiger partial charge in [-0.15, -0.1) is 0 Å². The van der Waals surface area contributed by atoms with E-state index in [0.29, 0.717) is 5.06 Å². The number of hydrogen-bond acceptors (Lipinski definition) is 4. The van der Waals surface area contributed by atoms with Crippen LogP contribution >= 0.6 is 0 Å². The number of primary amides is 1. The molecule has 0 radical (unpaired) electrons. The van der Waals surface area contributed by atoms with Crippen LogP contribution in [0.3, 0.4) is 0 Å². The number of methoxy groups -OCH3 is 1. The number of carbonyl (C=O) groups excluding carboxylic acids is 1. The van der Waals surface area contributed by atoms with Gasteiger partial charge in [-0.2, -0.15) is 0 Å². The number of amides is 2. The SMILES string of the molecule is COc1cccc(CN2CCCc3c2ccc(CN(O)C(N)=O)c3C)c1. The maximum Gasteiger partial charge on any atom is 0.338 e. The first kappa shape index (κ1) is 18.1. The number of hydroxylamine groups is 2. The third kappa shape index (κ3) is 3.75. The summed E-state index contributed by atoms with van der Waals surface area (Å²) >= 11 is 0. The minimum atomic E-state index is -0.846. The Morgan fingerprint density at radius 3 is 2.88 bits per heavy atom. The quantitative estimate of drug-likeness (QED) is 0.637. The van der Waals surface area contributed by atoms with E-state index in [1.54, 1.807) is 7.11 Å². The van der Waals surface area contributed by atoms with E-state index < -0.39 is 6.03 Å². The van der Waals surface area contributed by atoms with Crippen molar-refractivity contribution in [2.45, 2.75) is 32.9 Å². The predicted octanol–water partition coefficient (Wildman–Crippen LogP) is 3.23. The molecule has 3 N–H and O–H groups in total. The molecule has 0 saturated heterocycles. The fourth-order valence-corrected chi connectivity index (χ4v) is 3.54. The Hall–Kier alpha value is -2.73. The van der Waals surface area contributed by atoms with Crippen molar-refractivity contribution in [3.8, 4) is 5.75 Å². The zero-order valence-electron chi connectivity index (χ0n) is 15.2. The van der Waals surface area contributed by atoms with E-state index in [9.17, 15) is 10.0 Å². The molecule has 0 spiro atoms. The fourth-order valence-electron chi connectivity index (χ4n) is 3.54. The highest BCUT2D eigenvalue weighted by molar-refractivity contribution is 5.70. The second kappa shape index (κ2) is 7.66. The van der Waals surface area contributed by atoms with E-state index in [-0.39, 0.29) is 6.54 Å². The maximum atomic E-state index is 11.1. The summed E-state index contributed by atoms with van der Waals surface area (Å²) < 4.78 is 5.32. The molecule has 26 heavy (non-hydrogen) atoms. The minimum Gasteiger partial charge on any atom is -0.497 e. The van der Waals surface area contributed by atoms with Crippen LogP contribution in [0.2, 0.25) is 0 Å². The van der Waals surface area contributed by atoms with E-state index in [1.165, 1.54) is 16.8 Å².